The molecule has 2 rings (SSSR count). The zero-order valence-electron chi connectivity index (χ0n) is 10.3. The van der Waals surface area contributed by atoms with Gasteiger partial charge in [-0.2, -0.15) is 0 Å². The highest BCUT2D eigenvalue weighted by molar-refractivity contribution is 6.40. The number of nitrogens with one attached hydrogen (secondary N) is 1. The molecule has 0 aliphatic carbocycles. The van der Waals surface area contributed by atoms with Crippen LogP contribution in [0.15, 0.2) is 30.3 Å². The molecule has 1 N–H and O–H groups in total. The lowest BCUT2D eigenvalue weighted by atomic mass is 10.1. The van der Waals surface area contributed by atoms with Crippen LogP contribution in [-0.4, -0.2) is 5.91 Å². The van der Waals surface area contributed by atoms with Gasteiger partial charge in [-0.3, -0.25) is 4.79 Å². The molecule has 104 valence electrons. The van der Waals surface area contributed by atoms with E-state index >= 15 is 0 Å². The van der Waals surface area contributed by atoms with Gasteiger partial charge < -0.3 is 5.32 Å². The minimum atomic E-state index is -0.710. The zero-order chi connectivity index (χ0) is 14.9. The molecule has 0 bridgehead atoms. The quantitative estimate of drug-likeness (QED) is 0.844. The van der Waals surface area contributed by atoms with Gasteiger partial charge in [-0.15, -0.1) is 0 Å². The monoisotopic (exact) mass is 315 g/mol. The van der Waals surface area contributed by atoms with Crippen LogP contribution in [0.2, 0.25) is 10.0 Å². The Morgan fingerprint density at radius 2 is 1.70 bits per heavy atom. The molecule has 0 aromatic heterocycles. The Morgan fingerprint density at radius 3 is 2.25 bits per heavy atom. The molecule has 2 aromatic carbocycles. The number of aryl methyl sites for hydroxylation is 1. The SMILES string of the molecule is Cc1ccc(C(=O)Nc2c(Cl)cc(F)cc2Cl)c(F)c1. The van der Waals surface area contributed by atoms with Gasteiger partial charge in [0.2, 0.25) is 0 Å². The van der Waals surface area contributed by atoms with E-state index in [9.17, 15) is 13.6 Å². The van der Waals surface area contributed by atoms with Gasteiger partial charge in [0.05, 0.1) is 21.3 Å². The van der Waals surface area contributed by atoms with Gasteiger partial charge in [-0.05, 0) is 36.8 Å². The number of rotatable bonds is 2. The van der Waals surface area contributed by atoms with Crippen molar-refractivity contribution in [2.45, 2.75) is 6.92 Å². The van der Waals surface area contributed by atoms with Gasteiger partial charge in [0.15, 0.2) is 0 Å². The Hall–Kier alpha value is -1.65. The Bertz CT molecular complexity index is 666. The molecule has 0 spiro atoms. The molecule has 0 aliphatic heterocycles. The Kier molecular flexibility index (Phi) is 4.26. The van der Waals surface area contributed by atoms with Crippen LogP contribution in [0.5, 0.6) is 0 Å². The number of carbonyl (C=O) groups excluding carboxylic acids is 1. The van der Waals surface area contributed by atoms with E-state index in [0.717, 1.165) is 12.1 Å². The predicted octanol–water partition coefficient (Wildman–Crippen LogP) is 4.83. The van der Waals surface area contributed by atoms with Crippen LogP contribution in [0.25, 0.3) is 0 Å². The van der Waals surface area contributed by atoms with E-state index in [1.165, 1.54) is 12.1 Å². The van der Waals surface area contributed by atoms with E-state index in [-0.39, 0.29) is 21.3 Å². The molecule has 0 atom stereocenters. The van der Waals surface area contributed by atoms with Crippen molar-refractivity contribution >= 4 is 34.8 Å². The van der Waals surface area contributed by atoms with Crippen LogP contribution in [0.3, 0.4) is 0 Å². The fourth-order valence-electron chi connectivity index (χ4n) is 1.65. The van der Waals surface area contributed by atoms with Gasteiger partial charge in [-0.1, -0.05) is 29.3 Å². The lowest BCUT2D eigenvalue weighted by molar-refractivity contribution is 0.102. The molecule has 0 saturated heterocycles. The van der Waals surface area contributed by atoms with Crippen molar-refractivity contribution in [2.24, 2.45) is 0 Å². The molecule has 20 heavy (non-hydrogen) atoms. The summed E-state index contributed by atoms with van der Waals surface area (Å²) in [5, 5.41) is 2.25. The minimum Gasteiger partial charge on any atom is -0.319 e. The van der Waals surface area contributed by atoms with Crippen molar-refractivity contribution in [3.05, 3.63) is 63.1 Å². The lowest BCUT2D eigenvalue weighted by Crippen LogP contribution is -2.14. The summed E-state index contributed by atoms with van der Waals surface area (Å²) in [7, 11) is 0. The standard InChI is InChI=1S/C14H9Cl2F2NO/c1-7-2-3-9(12(18)4-7)14(20)19-13-10(15)5-8(17)6-11(13)16/h2-6H,1H3,(H,19,20). The molecule has 0 aliphatic rings. The van der Waals surface area contributed by atoms with E-state index in [0.29, 0.717) is 5.56 Å². The molecule has 0 radical (unpaired) electrons. The van der Waals surface area contributed by atoms with E-state index in [4.69, 9.17) is 23.2 Å². The fourth-order valence-corrected chi connectivity index (χ4v) is 2.20. The number of hydrogen-bond acceptors (Lipinski definition) is 1. The zero-order valence-corrected chi connectivity index (χ0v) is 11.8. The van der Waals surface area contributed by atoms with Crippen LogP contribution in [0.4, 0.5) is 14.5 Å². The molecule has 0 saturated carbocycles. The molecule has 1 amide bonds. The summed E-state index contributed by atoms with van der Waals surface area (Å²) in [6.45, 7) is 1.71. The van der Waals surface area contributed by atoms with Crippen molar-refractivity contribution in [3.8, 4) is 0 Å². The maximum Gasteiger partial charge on any atom is 0.258 e. The summed E-state index contributed by atoms with van der Waals surface area (Å²) < 4.78 is 26.7. The van der Waals surface area contributed by atoms with Gasteiger partial charge >= 0.3 is 0 Å². The summed E-state index contributed by atoms with van der Waals surface area (Å²) in [5.41, 5.74) is 0.587. The first-order chi connectivity index (χ1) is 9.38. The molecule has 6 heteroatoms. The van der Waals surface area contributed by atoms with Crippen LogP contribution >= 0.6 is 23.2 Å². The first-order valence-electron chi connectivity index (χ1n) is 5.60. The Balaban J connectivity index is 2.33. The molecule has 0 unspecified atom stereocenters. The molecule has 2 nitrogen and oxygen atoms in total. The predicted molar refractivity (Wildman–Crippen MR) is 75.5 cm³/mol. The molecular weight excluding hydrogens is 307 g/mol. The number of anilines is 1. The van der Waals surface area contributed by atoms with Crippen LogP contribution < -0.4 is 5.32 Å². The summed E-state index contributed by atoms with van der Waals surface area (Å²) in [6.07, 6.45) is 0. The second-order valence-electron chi connectivity index (χ2n) is 4.18. The summed E-state index contributed by atoms with van der Waals surface area (Å²) in [5.74, 6) is -1.99. The fraction of sp³-hybridized carbons (Fsp3) is 0.0714. The smallest absolute Gasteiger partial charge is 0.258 e. The maximum absolute atomic E-state index is 13.7. The van der Waals surface area contributed by atoms with Crippen LogP contribution in [0, 0.1) is 18.6 Å². The summed E-state index contributed by atoms with van der Waals surface area (Å²) in [4.78, 5) is 12.0. The van der Waals surface area contributed by atoms with Crippen LogP contribution in [-0.2, 0) is 0 Å². The summed E-state index contributed by atoms with van der Waals surface area (Å²) >= 11 is 11.6. The number of benzene rings is 2. The van der Waals surface area contributed by atoms with Crippen LogP contribution in [0.1, 0.15) is 15.9 Å². The van der Waals surface area contributed by atoms with Gasteiger partial charge in [0.1, 0.15) is 11.6 Å². The first-order valence-corrected chi connectivity index (χ1v) is 6.36. The molecule has 2 aromatic rings. The normalized spacial score (nSPS) is 10.4. The first kappa shape index (κ1) is 14.8. The molecule has 0 heterocycles. The van der Waals surface area contributed by atoms with Crippen molar-refractivity contribution in [3.63, 3.8) is 0 Å². The second-order valence-corrected chi connectivity index (χ2v) is 5.00. The van der Waals surface area contributed by atoms with Crippen molar-refractivity contribution in [1.29, 1.82) is 0 Å². The average Bonchev–Trinajstić information content (AvgIpc) is 2.33. The van der Waals surface area contributed by atoms with E-state index in [1.807, 2.05) is 0 Å². The largest absolute Gasteiger partial charge is 0.319 e. The maximum atomic E-state index is 13.7. The molecular formula is C14H9Cl2F2NO. The number of amides is 1. The van der Waals surface area contributed by atoms with Crippen molar-refractivity contribution in [1.82, 2.24) is 0 Å². The van der Waals surface area contributed by atoms with Crippen molar-refractivity contribution < 1.29 is 13.6 Å². The third-order valence-electron chi connectivity index (χ3n) is 2.61. The van der Waals surface area contributed by atoms with Crippen molar-refractivity contribution in [2.75, 3.05) is 5.32 Å². The van der Waals surface area contributed by atoms with Gasteiger partial charge in [0, 0.05) is 0 Å². The lowest BCUT2D eigenvalue weighted by Gasteiger charge is -2.10. The van der Waals surface area contributed by atoms with Gasteiger partial charge in [0.25, 0.3) is 5.91 Å². The third kappa shape index (κ3) is 3.08. The Morgan fingerprint density at radius 1 is 1.10 bits per heavy atom. The van der Waals surface area contributed by atoms with E-state index < -0.39 is 17.5 Å². The summed E-state index contributed by atoms with van der Waals surface area (Å²) in [6, 6.07) is 6.21. The second kappa shape index (κ2) is 5.77. The highest BCUT2D eigenvalue weighted by atomic mass is 35.5. The topological polar surface area (TPSA) is 29.1 Å². The van der Waals surface area contributed by atoms with E-state index in [1.54, 1.807) is 13.0 Å². The average molecular weight is 316 g/mol. The highest BCUT2D eigenvalue weighted by Crippen LogP contribution is 2.31. The van der Waals surface area contributed by atoms with E-state index in [2.05, 4.69) is 5.32 Å². The molecule has 0 fully saturated rings. The minimum absolute atomic E-state index is 0.0414. The Labute approximate surface area is 124 Å². The number of hydrogen-bond donors (Lipinski definition) is 1. The van der Waals surface area contributed by atoms with Gasteiger partial charge in [-0.25, -0.2) is 8.78 Å². The number of halogens is 4. The highest BCUT2D eigenvalue weighted by Gasteiger charge is 2.16. The third-order valence-corrected chi connectivity index (χ3v) is 3.21. The number of carbonyl (C=O) groups is 1.